The summed E-state index contributed by atoms with van der Waals surface area (Å²) < 4.78 is 0. The van der Waals surface area contributed by atoms with E-state index in [1.165, 1.54) is 78.1 Å². The van der Waals surface area contributed by atoms with Gasteiger partial charge in [0.15, 0.2) is 0 Å². The minimum atomic E-state index is 0.167. The molecule has 2 saturated carbocycles. The Balaban J connectivity index is 0.000000399. The largest absolute Gasteiger partial charge is 0.300 e. The van der Waals surface area contributed by atoms with Crippen molar-refractivity contribution in [3.8, 4) is 0 Å². The van der Waals surface area contributed by atoms with Crippen molar-refractivity contribution >= 4 is 11.8 Å². The third kappa shape index (κ3) is 8.72. The van der Waals surface area contributed by atoms with Gasteiger partial charge in [0.25, 0.3) is 0 Å². The standard InChI is InChI=1S/C13H22N2.C3H6O/c1-3-7-12(8-4-1)14-11-15-13-9-5-2-6-10-13;1-3(2)4/h12-13H,1-10H2;1-2H3. The first-order valence-corrected chi connectivity index (χ1v) is 7.80. The summed E-state index contributed by atoms with van der Waals surface area (Å²) in [7, 11) is 0. The monoisotopic (exact) mass is 264 g/mol. The number of Topliss-reactive ketones (excluding diaryl/α,β-unsaturated/α-hetero) is 1. The third-order valence-electron chi connectivity index (χ3n) is 3.63. The average molecular weight is 264 g/mol. The van der Waals surface area contributed by atoms with E-state index in [4.69, 9.17) is 0 Å². The predicted octanol–water partition coefficient (Wildman–Crippen LogP) is 4.42. The van der Waals surface area contributed by atoms with Crippen LogP contribution in [0.5, 0.6) is 0 Å². The molecule has 19 heavy (non-hydrogen) atoms. The van der Waals surface area contributed by atoms with Gasteiger partial charge in [0.1, 0.15) is 5.78 Å². The average Bonchev–Trinajstić information content (AvgIpc) is 2.41. The first-order chi connectivity index (χ1) is 9.18. The lowest BCUT2D eigenvalue weighted by Crippen LogP contribution is -2.10. The molecule has 0 radical (unpaired) electrons. The topological polar surface area (TPSA) is 41.8 Å². The Labute approximate surface area is 117 Å². The Bertz CT molecular complexity index is 281. The molecule has 0 saturated heterocycles. The molecule has 0 aromatic rings. The highest BCUT2D eigenvalue weighted by molar-refractivity contribution is 5.72. The summed E-state index contributed by atoms with van der Waals surface area (Å²) in [6.45, 7) is 3.06. The molecule has 0 unspecified atom stereocenters. The summed E-state index contributed by atoms with van der Waals surface area (Å²) in [5.41, 5.74) is 0. The van der Waals surface area contributed by atoms with Crippen LogP contribution in [0.25, 0.3) is 0 Å². The highest BCUT2D eigenvalue weighted by atomic mass is 16.1. The number of nitrogens with zero attached hydrogens (tertiary/aromatic N) is 2. The molecule has 108 valence electrons. The van der Waals surface area contributed by atoms with Gasteiger partial charge in [-0.15, -0.1) is 0 Å². The van der Waals surface area contributed by atoms with E-state index in [1.54, 1.807) is 0 Å². The maximum atomic E-state index is 9.44. The van der Waals surface area contributed by atoms with E-state index in [1.807, 2.05) is 0 Å². The van der Waals surface area contributed by atoms with E-state index in [-0.39, 0.29) is 5.78 Å². The Morgan fingerprint density at radius 3 is 1.42 bits per heavy atom. The van der Waals surface area contributed by atoms with Crippen LogP contribution in [0.3, 0.4) is 0 Å². The molecule has 2 aliphatic rings. The van der Waals surface area contributed by atoms with Crippen LogP contribution in [0.2, 0.25) is 0 Å². The van der Waals surface area contributed by atoms with Gasteiger partial charge in [0.05, 0.1) is 18.1 Å². The fourth-order valence-electron chi connectivity index (χ4n) is 2.62. The zero-order chi connectivity index (χ0) is 13.9. The fourth-order valence-corrected chi connectivity index (χ4v) is 2.62. The van der Waals surface area contributed by atoms with Gasteiger partial charge in [-0.3, -0.25) is 0 Å². The van der Waals surface area contributed by atoms with Gasteiger partial charge in [-0.1, -0.05) is 38.5 Å². The minimum Gasteiger partial charge on any atom is -0.300 e. The van der Waals surface area contributed by atoms with E-state index < -0.39 is 0 Å². The van der Waals surface area contributed by atoms with Crippen molar-refractivity contribution in [1.29, 1.82) is 0 Å². The summed E-state index contributed by atoms with van der Waals surface area (Å²) >= 11 is 0. The first kappa shape index (κ1) is 16.1. The minimum absolute atomic E-state index is 0.167. The lowest BCUT2D eigenvalue weighted by Gasteiger charge is -2.17. The number of ketones is 1. The van der Waals surface area contributed by atoms with Crippen LogP contribution in [-0.4, -0.2) is 23.9 Å². The molecule has 0 amide bonds. The molecule has 0 aromatic carbocycles. The van der Waals surface area contributed by atoms with Crippen molar-refractivity contribution in [1.82, 2.24) is 0 Å². The number of aliphatic imine (C=N–C) groups is 2. The second-order valence-corrected chi connectivity index (χ2v) is 5.85. The van der Waals surface area contributed by atoms with Gasteiger partial charge in [-0.2, -0.15) is 0 Å². The number of hydrogen-bond acceptors (Lipinski definition) is 3. The van der Waals surface area contributed by atoms with Crippen LogP contribution >= 0.6 is 0 Å². The van der Waals surface area contributed by atoms with E-state index >= 15 is 0 Å². The van der Waals surface area contributed by atoms with Gasteiger partial charge in [-0.25, -0.2) is 9.98 Å². The van der Waals surface area contributed by atoms with Gasteiger partial charge >= 0.3 is 0 Å². The van der Waals surface area contributed by atoms with Crippen molar-refractivity contribution in [3.05, 3.63) is 0 Å². The van der Waals surface area contributed by atoms with E-state index in [0.717, 1.165) is 0 Å². The predicted molar refractivity (Wildman–Crippen MR) is 80.0 cm³/mol. The Hall–Kier alpha value is -0.950. The Morgan fingerprint density at radius 1 is 0.789 bits per heavy atom. The normalized spacial score (nSPS) is 20.7. The van der Waals surface area contributed by atoms with Gasteiger partial charge < -0.3 is 4.79 Å². The fraction of sp³-hybridized carbons (Fsp3) is 0.875. The lowest BCUT2D eigenvalue weighted by atomic mass is 9.96. The molecule has 0 aromatic heterocycles. The van der Waals surface area contributed by atoms with Crippen LogP contribution in [0.4, 0.5) is 0 Å². The number of carbonyl (C=O) groups excluding carboxylic acids is 1. The molecule has 2 aliphatic carbocycles. The molecular weight excluding hydrogens is 236 g/mol. The third-order valence-corrected chi connectivity index (χ3v) is 3.63. The molecule has 0 atom stereocenters. The second-order valence-electron chi connectivity index (χ2n) is 5.85. The zero-order valence-electron chi connectivity index (χ0n) is 12.5. The summed E-state index contributed by atoms with van der Waals surface area (Å²) in [4.78, 5) is 18.4. The molecule has 0 heterocycles. The van der Waals surface area contributed by atoms with Gasteiger partial charge in [0.2, 0.25) is 0 Å². The highest BCUT2D eigenvalue weighted by Crippen LogP contribution is 2.21. The number of carbonyl (C=O) groups is 1. The van der Waals surface area contributed by atoms with Crippen LogP contribution in [0, 0.1) is 0 Å². The van der Waals surface area contributed by atoms with E-state index in [9.17, 15) is 4.79 Å². The van der Waals surface area contributed by atoms with Crippen LogP contribution in [0.15, 0.2) is 9.98 Å². The van der Waals surface area contributed by atoms with E-state index in [0.29, 0.717) is 12.1 Å². The van der Waals surface area contributed by atoms with Crippen molar-refractivity contribution < 1.29 is 4.79 Å². The van der Waals surface area contributed by atoms with Crippen molar-refractivity contribution in [2.24, 2.45) is 9.98 Å². The van der Waals surface area contributed by atoms with Crippen LogP contribution < -0.4 is 0 Å². The van der Waals surface area contributed by atoms with Crippen molar-refractivity contribution in [3.63, 3.8) is 0 Å². The zero-order valence-corrected chi connectivity index (χ0v) is 12.5. The summed E-state index contributed by atoms with van der Waals surface area (Å²) in [6.07, 6.45) is 13.2. The van der Waals surface area contributed by atoms with E-state index in [2.05, 4.69) is 16.0 Å². The van der Waals surface area contributed by atoms with Crippen molar-refractivity contribution in [2.75, 3.05) is 0 Å². The van der Waals surface area contributed by atoms with Gasteiger partial charge in [-0.05, 0) is 39.5 Å². The Morgan fingerprint density at radius 2 is 1.11 bits per heavy atom. The molecular formula is C16H28N2O. The molecule has 2 fully saturated rings. The second kappa shape index (κ2) is 9.91. The first-order valence-electron chi connectivity index (χ1n) is 7.80. The highest BCUT2D eigenvalue weighted by Gasteiger charge is 2.12. The SMILES string of the molecule is C(=NC1CCCCC1)=NC1CCCCC1.CC(C)=O. The quantitative estimate of drug-likeness (QED) is 0.681. The summed E-state index contributed by atoms with van der Waals surface area (Å²) in [5, 5.41) is 0. The number of hydrogen-bond donors (Lipinski definition) is 0. The molecule has 2 rings (SSSR count). The van der Waals surface area contributed by atoms with Gasteiger partial charge in [0, 0.05) is 0 Å². The molecule has 0 spiro atoms. The van der Waals surface area contributed by atoms with Crippen LogP contribution in [0.1, 0.15) is 78.1 Å². The summed E-state index contributed by atoms with van der Waals surface area (Å²) in [5.74, 6) is 0.167. The lowest BCUT2D eigenvalue weighted by molar-refractivity contribution is -0.114. The van der Waals surface area contributed by atoms with Crippen LogP contribution in [-0.2, 0) is 4.79 Å². The molecule has 0 aliphatic heterocycles. The maximum absolute atomic E-state index is 9.44. The smallest absolute Gasteiger partial charge is 0.126 e. The maximum Gasteiger partial charge on any atom is 0.126 e. The molecule has 0 bridgehead atoms. The molecule has 3 nitrogen and oxygen atoms in total. The Kier molecular flexibility index (Phi) is 8.40. The number of rotatable bonds is 2. The van der Waals surface area contributed by atoms with Crippen molar-refractivity contribution in [2.45, 2.75) is 90.1 Å². The molecule has 0 N–H and O–H groups in total. The molecule has 3 heteroatoms. The summed E-state index contributed by atoms with van der Waals surface area (Å²) in [6, 6.07) is 4.04.